The van der Waals surface area contributed by atoms with Crippen molar-refractivity contribution in [2.75, 3.05) is 36.5 Å². The molecule has 1 saturated heterocycles. The largest absolute Gasteiger partial charge is 0.478 e. The first-order valence-corrected chi connectivity index (χ1v) is 9.79. The van der Waals surface area contributed by atoms with Crippen molar-refractivity contribution in [1.82, 2.24) is 9.97 Å². The summed E-state index contributed by atoms with van der Waals surface area (Å²) in [5.41, 5.74) is 2.61. The average Bonchev–Trinajstić information content (AvgIpc) is 3.24. The molecular formula is C18H17ClN4O4S. The number of aryl methyl sites for hydroxylation is 1. The molecule has 4 rings (SSSR count). The highest BCUT2D eigenvalue weighted by molar-refractivity contribution is 7.22. The number of hydrogen-bond acceptors (Lipinski definition) is 6. The fourth-order valence-electron chi connectivity index (χ4n) is 3.05. The van der Waals surface area contributed by atoms with Gasteiger partial charge in [0.25, 0.3) is 5.91 Å². The van der Waals surface area contributed by atoms with Crippen molar-refractivity contribution in [3.63, 3.8) is 0 Å². The number of carbonyl (C=O) groups is 2. The third-order valence-electron chi connectivity index (χ3n) is 4.49. The molecule has 2 aromatic heterocycles. The number of aromatic amines is 1. The Morgan fingerprint density at radius 2 is 2.07 bits per heavy atom. The van der Waals surface area contributed by atoms with E-state index in [0.29, 0.717) is 58.1 Å². The number of H-pyrrole nitrogens is 1. The van der Waals surface area contributed by atoms with Crippen LogP contribution in [0.25, 0.3) is 10.2 Å². The number of halogens is 1. The van der Waals surface area contributed by atoms with Gasteiger partial charge in [-0.2, -0.15) is 0 Å². The molecule has 10 heteroatoms. The van der Waals surface area contributed by atoms with Gasteiger partial charge in [-0.25, -0.2) is 9.78 Å². The summed E-state index contributed by atoms with van der Waals surface area (Å²) >= 11 is 7.23. The number of benzene rings is 1. The molecule has 1 aliphatic heterocycles. The Labute approximate surface area is 169 Å². The number of nitrogens with zero attached hydrogens (tertiary/aromatic N) is 2. The zero-order valence-corrected chi connectivity index (χ0v) is 16.5. The first-order chi connectivity index (χ1) is 13.4. The Balaban J connectivity index is 1.70. The van der Waals surface area contributed by atoms with Gasteiger partial charge in [0.1, 0.15) is 11.2 Å². The van der Waals surface area contributed by atoms with Gasteiger partial charge in [-0.05, 0) is 25.1 Å². The maximum Gasteiger partial charge on any atom is 0.335 e. The maximum absolute atomic E-state index is 12.5. The van der Waals surface area contributed by atoms with E-state index in [0.717, 1.165) is 5.69 Å². The van der Waals surface area contributed by atoms with Crippen LogP contribution in [-0.2, 0) is 4.74 Å². The van der Waals surface area contributed by atoms with Gasteiger partial charge < -0.3 is 19.7 Å². The Hall–Kier alpha value is -2.62. The summed E-state index contributed by atoms with van der Waals surface area (Å²) in [6, 6.07) is 4.75. The fraction of sp³-hybridized carbons (Fsp3) is 0.278. The molecule has 28 heavy (non-hydrogen) atoms. The molecular weight excluding hydrogens is 404 g/mol. The molecule has 0 saturated carbocycles. The summed E-state index contributed by atoms with van der Waals surface area (Å²) in [6.45, 7) is 4.22. The highest BCUT2D eigenvalue weighted by Gasteiger charge is 2.21. The Morgan fingerprint density at radius 3 is 2.71 bits per heavy atom. The Morgan fingerprint density at radius 1 is 1.32 bits per heavy atom. The summed E-state index contributed by atoms with van der Waals surface area (Å²) < 4.78 is 6.07. The van der Waals surface area contributed by atoms with Crippen LogP contribution in [0.5, 0.6) is 0 Å². The second kappa shape index (κ2) is 7.42. The van der Waals surface area contributed by atoms with E-state index >= 15 is 0 Å². The number of aromatic carboxylic acids is 1. The van der Waals surface area contributed by atoms with Crippen LogP contribution in [0.2, 0.25) is 5.02 Å². The molecule has 3 aromatic rings. The predicted octanol–water partition coefficient (Wildman–Crippen LogP) is 3.37. The molecule has 0 atom stereocenters. The number of fused-ring (bicyclic) bond motifs is 1. The van der Waals surface area contributed by atoms with Crippen LogP contribution < -0.4 is 10.2 Å². The summed E-state index contributed by atoms with van der Waals surface area (Å²) in [7, 11) is 0. The van der Waals surface area contributed by atoms with Crippen molar-refractivity contribution in [3.05, 3.63) is 40.2 Å². The highest BCUT2D eigenvalue weighted by Crippen LogP contribution is 2.35. The molecule has 146 valence electrons. The molecule has 8 nitrogen and oxygen atoms in total. The lowest BCUT2D eigenvalue weighted by molar-refractivity contribution is 0.0697. The number of amides is 1. The van der Waals surface area contributed by atoms with Crippen LogP contribution in [0.1, 0.15) is 26.5 Å². The number of carboxylic acid groups (broad SMARTS) is 1. The molecule has 0 unspecified atom stereocenters. The standard InChI is InChI=1S/C18H17ClN4O4S/c1-9-11(19)8-12(20-9)16(24)22-18-21-15-13(23-2-4-27-5-3-23)6-10(17(25)26)7-14(15)28-18/h6-8,20H,2-5H2,1H3,(H,25,26)(H,21,22,24). The monoisotopic (exact) mass is 420 g/mol. The molecule has 1 aliphatic rings. The van der Waals surface area contributed by atoms with E-state index in [1.165, 1.54) is 11.3 Å². The normalized spacial score (nSPS) is 14.4. The number of carbonyl (C=O) groups excluding carboxylic acids is 1. The van der Waals surface area contributed by atoms with E-state index in [4.69, 9.17) is 16.3 Å². The van der Waals surface area contributed by atoms with Crippen molar-refractivity contribution < 1.29 is 19.4 Å². The maximum atomic E-state index is 12.5. The zero-order chi connectivity index (χ0) is 19.8. The molecule has 0 aliphatic carbocycles. The lowest BCUT2D eigenvalue weighted by Crippen LogP contribution is -2.36. The van der Waals surface area contributed by atoms with Gasteiger partial charge in [-0.1, -0.05) is 22.9 Å². The second-order valence-corrected chi connectivity index (χ2v) is 7.81. The van der Waals surface area contributed by atoms with Gasteiger partial charge in [0.05, 0.1) is 34.2 Å². The third kappa shape index (κ3) is 3.56. The Bertz CT molecular complexity index is 1050. The molecule has 1 fully saturated rings. The van der Waals surface area contributed by atoms with Gasteiger partial charge in [0.15, 0.2) is 5.13 Å². The van der Waals surface area contributed by atoms with E-state index in [1.807, 2.05) is 0 Å². The quantitative estimate of drug-likeness (QED) is 0.597. The van der Waals surface area contributed by atoms with Crippen molar-refractivity contribution in [2.24, 2.45) is 0 Å². The minimum absolute atomic E-state index is 0.183. The Kier molecular flexibility index (Phi) is 4.96. The van der Waals surface area contributed by atoms with Crippen molar-refractivity contribution in [3.8, 4) is 0 Å². The number of rotatable bonds is 4. The summed E-state index contributed by atoms with van der Waals surface area (Å²) in [5.74, 6) is -1.37. The minimum atomic E-state index is -1.01. The third-order valence-corrected chi connectivity index (χ3v) is 5.80. The van der Waals surface area contributed by atoms with Crippen LogP contribution in [0.15, 0.2) is 18.2 Å². The van der Waals surface area contributed by atoms with E-state index < -0.39 is 5.97 Å². The summed E-state index contributed by atoms with van der Waals surface area (Å²) in [4.78, 5) is 33.5. The average molecular weight is 421 g/mol. The molecule has 1 amide bonds. The van der Waals surface area contributed by atoms with Crippen molar-refractivity contribution >= 4 is 55.8 Å². The molecule has 0 bridgehead atoms. The predicted molar refractivity (Wildman–Crippen MR) is 108 cm³/mol. The molecule has 1 aromatic carbocycles. The lowest BCUT2D eigenvalue weighted by Gasteiger charge is -2.29. The smallest absolute Gasteiger partial charge is 0.335 e. The first kappa shape index (κ1) is 18.7. The number of thiazole rings is 1. The SMILES string of the molecule is Cc1[nH]c(C(=O)Nc2nc3c(N4CCOCC4)cc(C(=O)O)cc3s2)cc1Cl. The molecule has 0 spiro atoms. The van der Waals surface area contributed by atoms with Gasteiger partial charge >= 0.3 is 5.97 Å². The molecule has 3 heterocycles. The number of aromatic nitrogens is 2. The van der Waals surface area contributed by atoms with Crippen molar-refractivity contribution in [1.29, 1.82) is 0 Å². The van der Waals surface area contributed by atoms with Crippen LogP contribution in [-0.4, -0.2) is 53.3 Å². The number of nitrogens with one attached hydrogen (secondary N) is 2. The van der Waals surface area contributed by atoms with Gasteiger partial charge in [0, 0.05) is 18.8 Å². The summed E-state index contributed by atoms with van der Waals surface area (Å²) in [6.07, 6.45) is 0. The number of carboxylic acids is 1. The second-order valence-electron chi connectivity index (χ2n) is 6.38. The van der Waals surface area contributed by atoms with Gasteiger partial charge in [-0.15, -0.1) is 0 Å². The number of morpholine rings is 1. The van der Waals surface area contributed by atoms with E-state index in [9.17, 15) is 14.7 Å². The summed E-state index contributed by atoms with van der Waals surface area (Å²) in [5, 5.41) is 13.1. The van der Waals surface area contributed by atoms with Gasteiger partial charge in [0.2, 0.25) is 0 Å². The van der Waals surface area contributed by atoms with Gasteiger partial charge in [-0.3, -0.25) is 10.1 Å². The first-order valence-electron chi connectivity index (χ1n) is 8.59. The van der Waals surface area contributed by atoms with Crippen LogP contribution in [0, 0.1) is 6.92 Å². The highest BCUT2D eigenvalue weighted by atomic mass is 35.5. The lowest BCUT2D eigenvalue weighted by atomic mass is 10.1. The number of hydrogen-bond donors (Lipinski definition) is 3. The number of anilines is 2. The molecule has 3 N–H and O–H groups in total. The fourth-order valence-corrected chi connectivity index (χ4v) is 4.13. The van der Waals surface area contributed by atoms with Crippen molar-refractivity contribution in [2.45, 2.75) is 6.92 Å². The van der Waals surface area contributed by atoms with Crippen LogP contribution in [0.4, 0.5) is 10.8 Å². The minimum Gasteiger partial charge on any atom is -0.478 e. The van der Waals surface area contributed by atoms with E-state index in [2.05, 4.69) is 20.2 Å². The topological polar surface area (TPSA) is 108 Å². The van der Waals surface area contributed by atoms with E-state index in [-0.39, 0.29) is 11.5 Å². The molecule has 0 radical (unpaired) electrons. The number of ether oxygens (including phenoxy) is 1. The van der Waals surface area contributed by atoms with Crippen LogP contribution >= 0.6 is 22.9 Å². The van der Waals surface area contributed by atoms with Crippen LogP contribution in [0.3, 0.4) is 0 Å². The zero-order valence-electron chi connectivity index (χ0n) is 14.9. The van der Waals surface area contributed by atoms with E-state index in [1.54, 1.807) is 25.1 Å².